The first-order chi connectivity index (χ1) is 16.2. The number of carbonyl (C=O) groups excluding carboxylic acids is 1. The van der Waals surface area contributed by atoms with Crippen molar-refractivity contribution in [1.29, 1.82) is 0 Å². The van der Waals surface area contributed by atoms with Crippen LogP contribution in [0.4, 0.5) is 14.6 Å². The van der Waals surface area contributed by atoms with Crippen LogP contribution in [0.5, 0.6) is 0 Å². The van der Waals surface area contributed by atoms with Gasteiger partial charge >= 0.3 is 0 Å². The van der Waals surface area contributed by atoms with E-state index in [4.69, 9.17) is 0 Å². The molecule has 1 heterocycles. The maximum absolute atomic E-state index is 13.7. The molecule has 1 unspecified atom stereocenters. The van der Waals surface area contributed by atoms with Crippen LogP contribution >= 0.6 is 11.8 Å². The van der Waals surface area contributed by atoms with Gasteiger partial charge in [-0.15, -0.1) is 11.8 Å². The third-order valence-electron chi connectivity index (χ3n) is 6.72. The SMILES string of the molecule is CC(C)c1cc(C(CC2CCC(F)(F)CC2)C(=O)Nc2cnc(CO)cn2)ccc1SC1CC1. The molecule has 1 atom stereocenters. The molecule has 0 spiro atoms. The van der Waals surface area contributed by atoms with Crippen LogP contribution in [0.15, 0.2) is 35.5 Å². The molecule has 2 saturated carbocycles. The Balaban J connectivity index is 1.58. The summed E-state index contributed by atoms with van der Waals surface area (Å²) in [6.45, 7) is 4.10. The van der Waals surface area contributed by atoms with Crippen molar-refractivity contribution in [1.82, 2.24) is 9.97 Å². The minimum atomic E-state index is -2.59. The number of anilines is 1. The van der Waals surface area contributed by atoms with Gasteiger partial charge in [-0.3, -0.25) is 9.78 Å². The van der Waals surface area contributed by atoms with Gasteiger partial charge in [0.25, 0.3) is 0 Å². The van der Waals surface area contributed by atoms with Gasteiger partial charge in [-0.25, -0.2) is 13.8 Å². The summed E-state index contributed by atoms with van der Waals surface area (Å²) in [5.41, 5.74) is 2.57. The number of halogens is 2. The first kappa shape index (κ1) is 25.0. The fourth-order valence-corrected chi connectivity index (χ4v) is 5.79. The Kier molecular flexibility index (Phi) is 7.87. The second-order valence-corrected chi connectivity index (χ2v) is 11.2. The lowest BCUT2D eigenvalue weighted by Gasteiger charge is -2.31. The summed E-state index contributed by atoms with van der Waals surface area (Å²) in [7, 11) is 0. The predicted molar refractivity (Wildman–Crippen MR) is 130 cm³/mol. The average molecular weight is 490 g/mol. The van der Waals surface area contributed by atoms with Crippen LogP contribution < -0.4 is 5.32 Å². The number of rotatable bonds is 9. The number of aliphatic hydroxyl groups excluding tert-OH is 1. The number of amides is 1. The van der Waals surface area contributed by atoms with Gasteiger partial charge in [-0.1, -0.05) is 26.0 Å². The van der Waals surface area contributed by atoms with Crippen LogP contribution in [0, 0.1) is 5.92 Å². The summed E-state index contributed by atoms with van der Waals surface area (Å²) < 4.78 is 27.5. The first-order valence-corrected chi connectivity index (χ1v) is 13.0. The molecule has 1 amide bonds. The summed E-state index contributed by atoms with van der Waals surface area (Å²) in [6.07, 6.45) is 6.49. The van der Waals surface area contributed by atoms with E-state index in [0.29, 0.717) is 41.9 Å². The Labute approximate surface area is 204 Å². The molecule has 5 nitrogen and oxygen atoms in total. The van der Waals surface area contributed by atoms with Crippen molar-refractivity contribution >= 4 is 23.5 Å². The van der Waals surface area contributed by atoms with E-state index in [1.807, 2.05) is 17.8 Å². The number of carbonyl (C=O) groups is 1. The molecule has 4 rings (SSSR count). The molecule has 0 bridgehead atoms. The number of thioether (sulfide) groups is 1. The van der Waals surface area contributed by atoms with Crippen molar-refractivity contribution in [3.8, 4) is 0 Å². The molecule has 2 N–H and O–H groups in total. The summed E-state index contributed by atoms with van der Waals surface area (Å²) in [4.78, 5) is 23.0. The Morgan fingerprint density at radius 1 is 1.18 bits per heavy atom. The summed E-state index contributed by atoms with van der Waals surface area (Å²) in [5.74, 6) is -2.57. The molecule has 1 aromatic carbocycles. The zero-order valence-corrected chi connectivity index (χ0v) is 20.6. The third-order valence-corrected chi connectivity index (χ3v) is 8.15. The summed E-state index contributed by atoms with van der Waals surface area (Å²) >= 11 is 1.91. The van der Waals surface area contributed by atoms with Crippen LogP contribution in [0.25, 0.3) is 0 Å². The number of benzene rings is 1. The van der Waals surface area contributed by atoms with Crippen LogP contribution in [0.3, 0.4) is 0 Å². The third kappa shape index (κ3) is 6.54. The normalized spacial score (nSPS) is 19.2. The fourth-order valence-electron chi connectivity index (χ4n) is 4.49. The average Bonchev–Trinajstić information content (AvgIpc) is 3.63. The molecule has 2 aliphatic carbocycles. The van der Waals surface area contributed by atoms with Crippen molar-refractivity contribution in [3.63, 3.8) is 0 Å². The van der Waals surface area contributed by atoms with E-state index in [2.05, 4.69) is 41.3 Å². The lowest BCUT2D eigenvalue weighted by atomic mass is 9.78. The van der Waals surface area contributed by atoms with Gasteiger partial charge in [0.1, 0.15) is 0 Å². The Bertz CT molecular complexity index is 986. The molecule has 184 valence electrons. The number of nitrogens with zero attached hydrogens (tertiary/aromatic N) is 2. The zero-order chi connectivity index (χ0) is 24.3. The lowest BCUT2D eigenvalue weighted by Crippen LogP contribution is -2.29. The van der Waals surface area contributed by atoms with Gasteiger partial charge in [-0.2, -0.15) is 0 Å². The maximum atomic E-state index is 13.7. The molecule has 2 aliphatic rings. The topological polar surface area (TPSA) is 75.1 Å². The van der Waals surface area contributed by atoms with E-state index >= 15 is 0 Å². The van der Waals surface area contributed by atoms with E-state index < -0.39 is 11.8 Å². The smallest absolute Gasteiger partial charge is 0.248 e. The second-order valence-electron chi connectivity index (χ2n) is 9.90. The van der Waals surface area contributed by atoms with Crippen molar-refractivity contribution in [3.05, 3.63) is 47.4 Å². The molecular weight excluding hydrogens is 456 g/mol. The number of nitrogens with one attached hydrogen (secondary N) is 1. The number of aromatic nitrogens is 2. The molecule has 0 aliphatic heterocycles. The number of hydrogen-bond acceptors (Lipinski definition) is 5. The van der Waals surface area contributed by atoms with Crippen LogP contribution in [-0.2, 0) is 11.4 Å². The first-order valence-electron chi connectivity index (χ1n) is 12.1. The predicted octanol–water partition coefficient (Wildman–Crippen LogP) is 6.28. The number of alkyl halides is 2. The lowest BCUT2D eigenvalue weighted by molar-refractivity contribution is -0.118. The number of hydrogen-bond donors (Lipinski definition) is 2. The van der Waals surface area contributed by atoms with Gasteiger partial charge in [0.05, 0.1) is 30.6 Å². The van der Waals surface area contributed by atoms with E-state index in [1.165, 1.54) is 35.7 Å². The van der Waals surface area contributed by atoms with Crippen molar-refractivity contribution in [2.45, 2.75) is 93.3 Å². The van der Waals surface area contributed by atoms with E-state index in [1.54, 1.807) is 0 Å². The van der Waals surface area contributed by atoms with Gasteiger partial charge in [0.2, 0.25) is 11.8 Å². The maximum Gasteiger partial charge on any atom is 0.248 e. The molecule has 2 fully saturated rings. The largest absolute Gasteiger partial charge is 0.390 e. The van der Waals surface area contributed by atoms with Gasteiger partial charge in [0, 0.05) is 23.0 Å². The van der Waals surface area contributed by atoms with Crippen LogP contribution in [-0.4, -0.2) is 32.2 Å². The van der Waals surface area contributed by atoms with E-state index in [9.17, 15) is 18.7 Å². The van der Waals surface area contributed by atoms with Crippen LogP contribution in [0.2, 0.25) is 0 Å². The van der Waals surface area contributed by atoms with Crippen LogP contribution in [0.1, 0.15) is 87.4 Å². The molecular formula is C26H33F2N3O2S. The zero-order valence-electron chi connectivity index (χ0n) is 19.8. The molecule has 8 heteroatoms. The quantitative estimate of drug-likeness (QED) is 0.433. The number of aliphatic hydroxyl groups is 1. The Hall–Kier alpha value is -2.06. The monoisotopic (exact) mass is 489 g/mol. The molecule has 1 aromatic heterocycles. The van der Waals surface area contributed by atoms with Gasteiger partial charge in [-0.05, 0) is 61.1 Å². The fraction of sp³-hybridized carbons (Fsp3) is 0.577. The van der Waals surface area contributed by atoms with Gasteiger partial charge < -0.3 is 10.4 Å². The highest BCUT2D eigenvalue weighted by molar-refractivity contribution is 8.00. The molecule has 0 radical (unpaired) electrons. The van der Waals surface area contributed by atoms with Crippen molar-refractivity contribution in [2.24, 2.45) is 5.92 Å². The standard InChI is InChI=1S/C26H33F2N3O2S/c1-16(2)21-12-18(3-6-23(21)34-20-4-5-20)22(11-17-7-9-26(27,28)10-8-17)25(33)31-24-14-29-19(15-32)13-30-24/h3,6,12-14,16-17,20,22,32H,4-5,7-11,15H2,1-2H3,(H,30,31,33). The van der Waals surface area contributed by atoms with E-state index in [-0.39, 0.29) is 31.3 Å². The summed E-state index contributed by atoms with van der Waals surface area (Å²) in [6, 6.07) is 6.29. The minimum Gasteiger partial charge on any atom is -0.390 e. The molecule has 0 saturated heterocycles. The summed E-state index contributed by atoms with van der Waals surface area (Å²) in [5, 5.41) is 12.7. The highest BCUT2D eigenvalue weighted by Crippen LogP contribution is 2.44. The Morgan fingerprint density at radius 3 is 2.50 bits per heavy atom. The molecule has 34 heavy (non-hydrogen) atoms. The highest BCUT2D eigenvalue weighted by Gasteiger charge is 2.37. The van der Waals surface area contributed by atoms with Gasteiger partial charge in [0.15, 0.2) is 5.82 Å². The Morgan fingerprint density at radius 2 is 1.91 bits per heavy atom. The van der Waals surface area contributed by atoms with Crippen molar-refractivity contribution in [2.75, 3.05) is 5.32 Å². The second kappa shape index (κ2) is 10.7. The van der Waals surface area contributed by atoms with E-state index in [0.717, 1.165) is 5.56 Å². The highest BCUT2D eigenvalue weighted by atomic mass is 32.2. The molecule has 2 aromatic rings. The minimum absolute atomic E-state index is 0.0706. The van der Waals surface area contributed by atoms with Crippen molar-refractivity contribution < 1.29 is 18.7 Å².